The van der Waals surface area contributed by atoms with Gasteiger partial charge in [0.25, 0.3) is 5.69 Å². The van der Waals surface area contributed by atoms with Gasteiger partial charge in [0.2, 0.25) is 17.8 Å². The number of hydrogen-bond acceptors (Lipinski definition) is 5. The van der Waals surface area contributed by atoms with Gasteiger partial charge in [-0.2, -0.15) is 0 Å². The summed E-state index contributed by atoms with van der Waals surface area (Å²) in [7, 11) is 0. The van der Waals surface area contributed by atoms with E-state index >= 15 is 0 Å². The second-order valence-electron chi connectivity index (χ2n) is 5.83. The van der Waals surface area contributed by atoms with E-state index < -0.39 is 16.9 Å². The molecule has 1 aliphatic heterocycles. The molecule has 0 aliphatic carbocycles. The molecule has 0 spiro atoms. The zero-order chi connectivity index (χ0) is 18.3. The molecule has 0 fully saturated rings. The van der Waals surface area contributed by atoms with Crippen molar-refractivity contribution in [1.29, 1.82) is 0 Å². The molecule has 0 saturated carbocycles. The number of nitro groups is 1. The molecule has 1 aromatic heterocycles. The van der Waals surface area contributed by atoms with Gasteiger partial charge in [-0.15, -0.1) is 0 Å². The largest absolute Gasteiger partial charge is 0.319 e. The highest BCUT2D eigenvalue weighted by atomic mass is 16.6. The molecule has 1 unspecified atom stereocenters. The fourth-order valence-electron chi connectivity index (χ4n) is 3.06. The number of nitrogens with zero attached hydrogens (tertiary/aromatic N) is 3. The molecule has 9 nitrogen and oxygen atoms in total. The third kappa shape index (κ3) is 2.55. The molecule has 2 N–H and O–H groups in total. The van der Waals surface area contributed by atoms with Gasteiger partial charge >= 0.3 is 0 Å². The number of imidazole rings is 1. The van der Waals surface area contributed by atoms with E-state index in [0.717, 1.165) is 0 Å². The summed E-state index contributed by atoms with van der Waals surface area (Å²) < 4.78 is 1.64. The predicted molar refractivity (Wildman–Crippen MR) is 93.7 cm³/mol. The van der Waals surface area contributed by atoms with Gasteiger partial charge < -0.3 is 5.32 Å². The smallest absolute Gasteiger partial charge is 0.292 e. The Bertz CT molecular complexity index is 1060. The minimum atomic E-state index is -0.856. The van der Waals surface area contributed by atoms with Crippen LogP contribution < -0.4 is 10.6 Å². The standard InChI is InChI=1S/C17H13N5O4/c23-15-9-14(16(24)18-11-6-2-4-8-13(11)22(25)26)21-12-7-3-1-5-10(12)19-17(21)20-15/h1-8,14H,9H2,(H,18,24)(H,19,20,23). The van der Waals surface area contributed by atoms with Crippen LogP contribution in [-0.4, -0.2) is 26.3 Å². The number of carbonyl (C=O) groups is 2. The Balaban J connectivity index is 1.74. The van der Waals surface area contributed by atoms with Crippen molar-refractivity contribution in [3.8, 4) is 0 Å². The number of nitrogens with one attached hydrogen (secondary N) is 2. The van der Waals surface area contributed by atoms with Gasteiger partial charge in [-0.3, -0.25) is 29.6 Å². The molecule has 0 saturated heterocycles. The summed E-state index contributed by atoms with van der Waals surface area (Å²) in [5.74, 6) is -0.570. The van der Waals surface area contributed by atoms with E-state index in [1.54, 1.807) is 22.8 Å². The molecule has 0 radical (unpaired) electrons. The normalized spacial score (nSPS) is 16.0. The number of fused-ring (bicyclic) bond motifs is 3. The Hall–Kier alpha value is -3.75. The highest BCUT2D eigenvalue weighted by molar-refractivity contribution is 6.03. The molecule has 130 valence electrons. The monoisotopic (exact) mass is 351 g/mol. The number of hydrogen-bond donors (Lipinski definition) is 2. The average Bonchev–Trinajstić information content (AvgIpc) is 2.99. The highest BCUT2D eigenvalue weighted by Crippen LogP contribution is 2.32. The van der Waals surface area contributed by atoms with Gasteiger partial charge in [0.15, 0.2) is 0 Å². The molecule has 2 amide bonds. The van der Waals surface area contributed by atoms with Gasteiger partial charge in [0, 0.05) is 6.07 Å². The minimum absolute atomic E-state index is 0.0828. The summed E-state index contributed by atoms with van der Waals surface area (Å²) in [6.45, 7) is 0. The molecule has 2 heterocycles. The molecule has 0 bridgehead atoms. The fraction of sp³-hybridized carbons (Fsp3) is 0.118. The maximum atomic E-state index is 12.8. The summed E-state index contributed by atoms with van der Waals surface area (Å²) in [4.78, 5) is 39.7. The van der Waals surface area contributed by atoms with Crippen LogP contribution in [0.4, 0.5) is 17.3 Å². The lowest BCUT2D eigenvalue weighted by atomic mass is 10.1. The lowest BCUT2D eigenvalue weighted by Gasteiger charge is -2.24. The Morgan fingerprint density at radius 2 is 1.96 bits per heavy atom. The van der Waals surface area contributed by atoms with Crippen LogP contribution in [0.5, 0.6) is 0 Å². The molecule has 1 aliphatic rings. The van der Waals surface area contributed by atoms with Crippen LogP contribution in [0.2, 0.25) is 0 Å². The molecule has 3 aromatic rings. The lowest BCUT2D eigenvalue weighted by Crippen LogP contribution is -2.35. The Labute approximate surface area is 146 Å². The van der Waals surface area contributed by atoms with Crippen molar-refractivity contribution in [2.75, 3.05) is 10.6 Å². The number of rotatable bonds is 3. The third-order valence-corrected chi connectivity index (χ3v) is 4.20. The number of aromatic nitrogens is 2. The van der Waals surface area contributed by atoms with Crippen molar-refractivity contribution < 1.29 is 14.5 Å². The quantitative estimate of drug-likeness (QED) is 0.555. The Morgan fingerprint density at radius 1 is 1.23 bits per heavy atom. The van der Waals surface area contributed by atoms with Gasteiger partial charge in [0.1, 0.15) is 11.7 Å². The molecular formula is C17H13N5O4. The van der Waals surface area contributed by atoms with Crippen LogP contribution >= 0.6 is 0 Å². The van der Waals surface area contributed by atoms with Gasteiger partial charge in [-0.25, -0.2) is 4.98 Å². The average molecular weight is 351 g/mol. The first kappa shape index (κ1) is 15.8. The summed E-state index contributed by atoms with van der Waals surface area (Å²) in [6.07, 6.45) is -0.0835. The van der Waals surface area contributed by atoms with Crippen LogP contribution in [0.3, 0.4) is 0 Å². The molecule has 2 aromatic carbocycles. The van der Waals surface area contributed by atoms with E-state index in [0.29, 0.717) is 11.0 Å². The van der Waals surface area contributed by atoms with Crippen molar-refractivity contribution in [2.45, 2.75) is 12.5 Å². The number of carbonyl (C=O) groups excluding carboxylic acids is 2. The molecule has 9 heteroatoms. The summed E-state index contributed by atoms with van der Waals surface area (Å²) in [5, 5.41) is 16.4. The van der Waals surface area contributed by atoms with Gasteiger partial charge in [0.05, 0.1) is 22.4 Å². The molecule has 1 atom stereocenters. The maximum absolute atomic E-state index is 12.8. The van der Waals surface area contributed by atoms with Gasteiger partial charge in [-0.1, -0.05) is 24.3 Å². The topological polar surface area (TPSA) is 119 Å². The second kappa shape index (κ2) is 5.96. The van der Waals surface area contributed by atoms with E-state index in [1.165, 1.54) is 18.2 Å². The molecular weight excluding hydrogens is 338 g/mol. The number of para-hydroxylation sites is 4. The first-order valence-corrected chi connectivity index (χ1v) is 7.85. The van der Waals surface area contributed by atoms with E-state index in [4.69, 9.17) is 0 Å². The van der Waals surface area contributed by atoms with Crippen molar-refractivity contribution in [1.82, 2.24) is 9.55 Å². The minimum Gasteiger partial charge on any atom is -0.319 e. The first-order valence-electron chi connectivity index (χ1n) is 7.85. The maximum Gasteiger partial charge on any atom is 0.292 e. The van der Waals surface area contributed by atoms with Crippen LogP contribution in [0, 0.1) is 10.1 Å². The number of amides is 2. The molecule has 4 rings (SSSR count). The zero-order valence-electron chi connectivity index (χ0n) is 13.4. The number of benzene rings is 2. The second-order valence-corrected chi connectivity index (χ2v) is 5.83. The molecule has 26 heavy (non-hydrogen) atoms. The lowest BCUT2D eigenvalue weighted by molar-refractivity contribution is -0.383. The number of nitro benzene ring substituents is 1. The highest BCUT2D eigenvalue weighted by Gasteiger charge is 2.33. The van der Waals surface area contributed by atoms with E-state index in [-0.39, 0.29) is 29.7 Å². The third-order valence-electron chi connectivity index (χ3n) is 4.20. The number of anilines is 2. The van der Waals surface area contributed by atoms with Crippen molar-refractivity contribution >= 4 is 40.2 Å². The fourth-order valence-corrected chi connectivity index (χ4v) is 3.06. The Kier molecular flexibility index (Phi) is 3.61. The van der Waals surface area contributed by atoms with Crippen LogP contribution in [-0.2, 0) is 9.59 Å². The summed E-state index contributed by atoms with van der Waals surface area (Å²) in [6, 6.07) is 12.2. The SMILES string of the molecule is O=C1CC(C(=O)Nc2ccccc2[N+](=O)[O-])n2c(nc3ccccc32)N1. The van der Waals surface area contributed by atoms with E-state index in [2.05, 4.69) is 15.6 Å². The van der Waals surface area contributed by atoms with Crippen molar-refractivity contribution in [3.05, 3.63) is 58.6 Å². The van der Waals surface area contributed by atoms with Crippen molar-refractivity contribution in [3.63, 3.8) is 0 Å². The van der Waals surface area contributed by atoms with Crippen molar-refractivity contribution in [2.24, 2.45) is 0 Å². The first-order chi connectivity index (χ1) is 12.5. The summed E-state index contributed by atoms with van der Waals surface area (Å²) >= 11 is 0. The van der Waals surface area contributed by atoms with Gasteiger partial charge in [-0.05, 0) is 18.2 Å². The van der Waals surface area contributed by atoms with Crippen LogP contribution in [0.1, 0.15) is 12.5 Å². The summed E-state index contributed by atoms with van der Waals surface area (Å²) in [5.41, 5.74) is 1.22. The van der Waals surface area contributed by atoms with E-state index in [9.17, 15) is 19.7 Å². The van der Waals surface area contributed by atoms with Crippen LogP contribution in [0.25, 0.3) is 11.0 Å². The Morgan fingerprint density at radius 3 is 2.77 bits per heavy atom. The zero-order valence-corrected chi connectivity index (χ0v) is 13.4. The van der Waals surface area contributed by atoms with E-state index in [1.807, 2.05) is 12.1 Å². The van der Waals surface area contributed by atoms with Crippen LogP contribution in [0.15, 0.2) is 48.5 Å². The predicted octanol–water partition coefficient (Wildman–Crippen LogP) is 2.47.